The maximum atomic E-state index is 9.34. The summed E-state index contributed by atoms with van der Waals surface area (Å²) < 4.78 is 0. The highest BCUT2D eigenvalue weighted by Gasteiger charge is 2.31. The first-order chi connectivity index (χ1) is 6.48. The van der Waals surface area contributed by atoms with Gasteiger partial charge in [0.25, 0.3) is 0 Å². The Bertz CT molecular complexity index is 182. The molecule has 1 N–H and O–H groups in total. The first-order valence-electron chi connectivity index (χ1n) is 5.52. The Kier molecular flexibility index (Phi) is 3.93. The summed E-state index contributed by atoms with van der Waals surface area (Å²) in [5.41, 5.74) is 0.328. The van der Waals surface area contributed by atoms with E-state index in [-0.39, 0.29) is 6.61 Å². The zero-order valence-corrected chi connectivity index (χ0v) is 9.95. The molecular formula is C11H24N2O. The third-order valence-electron chi connectivity index (χ3n) is 2.98. The Morgan fingerprint density at radius 2 is 2.00 bits per heavy atom. The Balaban J connectivity index is 2.73. The third kappa shape index (κ3) is 2.94. The molecule has 1 unspecified atom stereocenters. The fraction of sp³-hybridized carbons (Fsp3) is 1.00. The van der Waals surface area contributed by atoms with Crippen LogP contribution in [0.3, 0.4) is 0 Å². The van der Waals surface area contributed by atoms with Crippen molar-refractivity contribution >= 4 is 0 Å². The van der Waals surface area contributed by atoms with E-state index in [1.165, 1.54) is 0 Å². The van der Waals surface area contributed by atoms with Crippen LogP contribution in [-0.2, 0) is 0 Å². The Morgan fingerprint density at radius 1 is 1.36 bits per heavy atom. The third-order valence-corrected chi connectivity index (χ3v) is 2.98. The Hall–Kier alpha value is -0.120. The molecule has 3 nitrogen and oxygen atoms in total. The summed E-state index contributed by atoms with van der Waals surface area (Å²) in [6, 6.07) is 0.312. The van der Waals surface area contributed by atoms with Gasteiger partial charge in [0.15, 0.2) is 0 Å². The fourth-order valence-corrected chi connectivity index (χ4v) is 2.54. The lowest BCUT2D eigenvalue weighted by atomic mass is 9.92. The van der Waals surface area contributed by atoms with Crippen LogP contribution in [0.1, 0.15) is 20.8 Å². The first kappa shape index (κ1) is 12.0. The molecule has 3 heteroatoms. The van der Waals surface area contributed by atoms with Crippen molar-refractivity contribution in [2.75, 3.05) is 39.8 Å². The zero-order chi connectivity index (χ0) is 10.8. The van der Waals surface area contributed by atoms with Crippen molar-refractivity contribution in [2.24, 2.45) is 5.41 Å². The molecule has 1 aliphatic rings. The van der Waals surface area contributed by atoms with Gasteiger partial charge in [-0.2, -0.15) is 0 Å². The predicted octanol–water partition coefficient (Wildman–Crippen LogP) is 0.641. The maximum Gasteiger partial charge on any atom is 0.0599 e. The van der Waals surface area contributed by atoms with Crippen molar-refractivity contribution in [2.45, 2.75) is 26.8 Å². The monoisotopic (exact) mass is 200 g/mol. The van der Waals surface area contributed by atoms with E-state index in [2.05, 4.69) is 37.6 Å². The summed E-state index contributed by atoms with van der Waals surface area (Å²) in [6.07, 6.45) is 0. The second-order valence-corrected chi connectivity index (χ2v) is 5.26. The lowest BCUT2D eigenvalue weighted by Gasteiger charge is -2.31. The second kappa shape index (κ2) is 4.60. The molecule has 0 radical (unpaired) electrons. The minimum atomic E-state index is 0.272. The minimum absolute atomic E-state index is 0.272. The van der Waals surface area contributed by atoms with Crippen molar-refractivity contribution < 1.29 is 5.11 Å². The van der Waals surface area contributed by atoms with E-state index in [1.807, 2.05) is 0 Å². The number of aliphatic hydroxyl groups excluding tert-OH is 1. The highest BCUT2D eigenvalue weighted by atomic mass is 16.3. The summed E-state index contributed by atoms with van der Waals surface area (Å²) in [5, 5.41) is 9.34. The lowest BCUT2D eigenvalue weighted by molar-refractivity contribution is 0.110. The topological polar surface area (TPSA) is 26.7 Å². The SMILES string of the molecule is CCN1CC(C)(C)CN(C)CC1CO. The minimum Gasteiger partial charge on any atom is -0.395 e. The molecule has 0 amide bonds. The Morgan fingerprint density at radius 3 is 2.50 bits per heavy atom. The molecule has 1 fully saturated rings. The predicted molar refractivity (Wildman–Crippen MR) is 59.4 cm³/mol. The van der Waals surface area contributed by atoms with Crippen LogP contribution in [0.25, 0.3) is 0 Å². The highest BCUT2D eigenvalue weighted by Crippen LogP contribution is 2.23. The molecular weight excluding hydrogens is 176 g/mol. The summed E-state index contributed by atoms with van der Waals surface area (Å²) in [4.78, 5) is 4.72. The molecule has 0 spiro atoms. The molecule has 0 aromatic rings. The lowest BCUT2D eigenvalue weighted by Crippen LogP contribution is -2.43. The van der Waals surface area contributed by atoms with Crippen LogP contribution < -0.4 is 0 Å². The van der Waals surface area contributed by atoms with Crippen molar-refractivity contribution in [3.8, 4) is 0 Å². The first-order valence-corrected chi connectivity index (χ1v) is 5.52. The second-order valence-electron chi connectivity index (χ2n) is 5.26. The van der Waals surface area contributed by atoms with E-state index in [9.17, 15) is 5.11 Å². The van der Waals surface area contributed by atoms with E-state index in [1.54, 1.807) is 0 Å². The van der Waals surface area contributed by atoms with Gasteiger partial charge in [0.1, 0.15) is 0 Å². The largest absolute Gasteiger partial charge is 0.395 e. The van der Waals surface area contributed by atoms with Crippen LogP contribution in [0.5, 0.6) is 0 Å². The number of hydrogen-bond donors (Lipinski definition) is 1. The molecule has 1 atom stereocenters. The normalized spacial score (nSPS) is 30.2. The molecule has 0 aromatic heterocycles. The quantitative estimate of drug-likeness (QED) is 0.708. The van der Waals surface area contributed by atoms with Crippen LogP contribution in [0.4, 0.5) is 0 Å². The summed E-state index contributed by atoms with van der Waals surface area (Å²) in [5.74, 6) is 0. The van der Waals surface area contributed by atoms with Gasteiger partial charge in [0.05, 0.1) is 6.61 Å². The molecule has 84 valence electrons. The van der Waals surface area contributed by atoms with Gasteiger partial charge < -0.3 is 10.0 Å². The van der Waals surface area contributed by atoms with Crippen LogP contribution >= 0.6 is 0 Å². The Labute approximate surface area is 87.7 Å². The van der Waals surface area contributed by atoms with Gasteiger partial charge >= 0.3 is 0 Å². The number of nitrogens with zero attached hydrogens (tertiary/aromatic N) is 2. The smallest absolute Gasteiger partial charge is 0.0599 e. The number of rotatable bonds is 2. The number of aliphatic hydroxyl groups is 1. The maximum absolute atomic E-state index is 9.34. The molecule has 1 rings (SSSR count). The van der Waals surface area contributed by atoms with Gasteiger partial charge in [0, 0.05) is 25.7 Å². The van der Waals surface area contributed by atoms with Crippen molar-refractivity contribution in [1.82, 2.24) is 9.80 Å². The van der Waals surface area contributed by atoms with Crippen LogP contribution in [0.2, 0.25) is 0 Å². The molecule has 0 aromatic carbocycles. The average molecular weight is 200 g/mol. The van der Waals surface area contributed by atoms with Gasteiger partial charge in [-0.15, -0.1) is 0 Å². The number of hydrogen-bond acceptors (Lipinski definition) is 3. The van der Waals surface area contributed by atoms with E-state index in [4.69, 9.17) is 0 Å². The van der Waals surface area contributed by atoms with Crippen LogP contribution in [-0.4, -0.2) is 60.8 Å². The highest BCUT2D eigenvalue weighted by molar-refractivity contribution is 4.86. The average Bonchev–Trinajstić information content (AvgIpc) is 2.20. The molecule has 1 aliphatic heterocycles. The van der Waals surface area contributed by atoms with Gasteiger partial charge in [-0.05, 0) is 19.0 Å². The summed E-state index contributed by atoms with van der Waals surface area (Å²) >= 11 is 0. The molecule has 1 heterocycles. The van der Waals surface area contributed by atoms with Gasteiger partial charge in [0.2, 0.25) is 0 Å². The molecule has 0 saturated carbocycles. The van der Waals surface area contributed by atoms with Crippen molar-refractivity contribution in [3.05, 3.63) is 0 Å². The number of likely N-dealkylation sites (N-methyl/N-ethyl adjacent to an activating group) is 2. The fourth-order valence-electron chi connectivity index (χ4n) is 2.54. The summed E-state index contributed by atoms with van der Waals surface area (Å²) in [7, 11) is 2.14. The zero-order valence-electron chi connectivity index (χ0n) is 9.95. The van der Waals surface area contributed by atoms with E-state index >= 15 is 0 Å². The van der Waals surface area contributed by atoms with Crippen molar-refractivity contribution in [3.63, 3.8) is 0 Å². The standard InChI is InChI=1S/C11H24N2O/c1-5-13-9-11(2,3)8-12(4)6-10(13)7-14/h10,14H,5-9H2,1-4H3. The molecule has 0 aliphatic carbocycles. The van der Waals surface area contributed by atoms with Crippen molar-refractivity contribution in [1.29, 1.82) is 0 Å². The molecule has 0 bridgehead atoms. The van der Waals surface area contributed by atoms with Crippen LogP contribution in [0, 0.1) is 5.41 Å². The van der Waals surface area contributed by atoms with Gasteiger partial charge in [-0.25, -0.2) is 0 Å². The summed E-state index contributed by atoms with van der Waals surface area (Å²) in [6.45, 7) is 11.2. The molecule has 14 heavy (non-hydrogen) atoms. The van der Waals surface area contributed by atoms with E-state index < -0.39 is 0 Å². The molecule has 1 saturated heterocycles. The van der Waals surface area contributed by atoms with E-state index in [0.717, 1.165) is 26.2 Å². The van der Waals surface area contributed by atoms with Gasteiger partial charge in [-0.1, -0.05) is 20.8 Å². The van der Waals surface area contributed by atoms with E-state index in [0.29, 0.717) is 11.5 Å². The van der Waals surface area contributed by atoms with Gasteiger partial charge in [-0.3, -0.25) is 4.90 Å². The van der Waals surface area contributed by atoms with Crippen LogP contribution in [0.15, 0.2) is 0 Å².